The van der Waals surface area contributed by atoms with Gasteiger partial charge in [0, 0.05) is 28.5 Å². The van der Waals surface area contributed by atoms with Crippen molar-refractivity contribution in [2.45, 2.75) is 18.9 Å². The van der Waals surface area contributed by atoms with Gasteiger partial charge in [0.2, 0.25) is 0 Å². The molecule has 3 N–H and O–H groups in total. The number of aromatic nitrogens is 1. The highest BCUT2D eigenvalue weighted by Gasteiger charge is 2.27. The minimum absolute atomic E-state index is 0.139. The van der Waals surface area contributed by atoms with Crippen LogP contribution in [-0.4, -0.2) is 17.6 Å². The first kappa shape index (κ1) is 14.0. The van der Waals surface area contributed by atoms with E-state index < -0.39 is 0 Å². The van der Waals surface area contributed by atoms with Crippen LogP contribution in [0.5, 0.6) is 5.75 Å². The number of carbonyl (C=O) groups is 1. The highest BCUT2D eigenvalue weighted by molar-refractivity contribution is 9.10. The number of nitrogens with two attached hydrogens (primary N) is 1. The van der Waals surface area contributed by atoms with E-state index in [-0.39, 0.29) is 5.91 Å². The van der Waals surface area contributed by atoms with E-state index in [1.165, 1.54) is 0 Å². The molecule has 1 fully saturated rings. The third-order valence-corrected chi connectivity index (χ3v) is 3.91. The number of nitrogens with zero attached hydrogens (tertiary/aromatic N) is 1. The van der Waals surface area contributed by atoms with Crippen LogP contribution < -0.4 is 15.8 Å². The maximum Gasteiger partial charge on any atom is 0.272 e. The molecule has 1 aromatic carbocycles. The van der Waals surface area contributed by atoms with Gasteiger partial charge in [0.25, 0.3) is 5.91 Å². The summed E-state index contributed by atoms with van der Waals surface area (Å²) in [7, 11) is 1.55. The Morgan fingerprint density at radius 2 is 2.19 bits per heavy atom. The lowest BCUT2D eigenvalue weighted by Gasteiger charge is -2.10. The predicted molar refractivity (Wildman–Crippen MR) is 85.8 cm³/mol. The Kier molecular flexibility index (Phi) is 3.63. The third-order valence-electron chi connectivity index (χ3n) is 3.48. The fourth-order valence-electron chi connectivity index (χ4n) is 2.27. The summed E-state index contributed by atoms with van der Waals surface area (Å²) in [6.07, 6.45) is 4.20. The lowest BCUT2D eigenvalue weighted by atomic mass is 10.2. The Morgan fingerprint density at radius 1 is 1.43 bits per heavy atom. The van der Waals surface area contributed by atoms with E-state index in [1.54, 1.807) is 25.3 Å². The Bertz CT molecular complexity index is 692. The van der Waals surface area contributed by atoms with Crippen molar-refractivity contribution >= 4 is 33.2 Å². The van der Waals surface area contributed by atoms with E-state index in [1.807, 2.05) is 16.8 Å². The quantitative estimate of drug-likeness (QED) is 0.830. The van der Waals surface area contributed by atoms with E-state index in [9.17, 15) is 4.79 Å². The molecule has 1 aromatic heterocycles. The van der Waals surface area contributed by atoms with Gasteiger partial charge in [-0.1, -0.05) is 0 Å². The van der Waals surface area contributed by atoms with E-state index in [4.69, 9.17) is 10.5 Å². The summed E-state index contributed by atoms with van der Waals surface area (Å²) in [5.74, 6) is 0.408. The first-order chi connectivity index (χ1) is 10.1. The largest absolute Gasteiger partial charge is 0.495 e. The molecule has 0 saturated heterocycles. The van der Waals surface area contributed by atoms with Crippen molar-refractivity contribution in [1.29, 1.82) is 0 Å². The van der Waals surface area contributed by atoms with Crippen LogP contribution in [0.15, 0.2) is 34.9 Å². The average Bonchev–Trinajstić information content (AvgIpc) is 3.23. The molecule has 6 heteroatoms. The molecule has 5 nitrogen and oxygen atoms in total. The third kappa shape index (κ3) is 2.90. The van der Waals surface area contributed by atoms with E-state index in [0.717, 1.165) is 17.3 Å². The molecule has 3 rings (SSSR count). The second-order valence-corrected chi connectivity index (χ2v) is 6.01. The van der Waals surface area contributed by atoms with Crippen LogP contribution in [0.25, 0.3) is 0 Å². The highest BCUT2D eigenvalue weighted by Crippen LogP contribution is 2.37. The van der Waals surface area contributed by atoms with E-state index >= 15 is 0 Å². The molecule has 0 aliphatic heterocycles. The lowest BCUT2D eigenvalue weighted by Crippen LogP contribution is -2.16. The maximum atomic E-state index is 12.4. The van der Waals surface area contributed by atoms with Crippen molar-refractivity contribution in [2.75, 3.05) is 18.2 Å². The summed E-state index contributed by atoms with van der Waals surface area (Å²) in [5.41, 5.74) is 7.62. The predicted octanol–water partition coefficient (Wildman–Crippen LogP) is 3.43. The van der Waals surface area contributed by atoms with Gasteiger partial charge in [-0.2, -0.15) is 0 Å². The number of benzene rings is 1. The summed E-state index contributed by atoms with van der Waals surface area (Å²) >= 11 is 3.43. The Morgan fingerprint density at radius 3 is 2.86 bits per heavy atom. The van der Waals surface area contributed by atoms with Crippen LogP contribution in [0.4, 0.5) is 11.4 Å². The number of halogens is 1. The van der Waals surface area contributed by atoms with Crippen molar-refractivity contribution in [3.05, 3.63) is 40.6 Å². The second-order valence-electron chi connectivity index (χ2n) is 5.09. The summed E-state index contributed by atoms with van der Waals surface area (Å²) in [4.78, 5) is 12.4. The fraction of sp³-hybridized carbons (Fsp3) is 0.267. The number of methoxy groups -OCH3 is 1. The number of hydrogen-bond donors (Lipinski definition) is 2. The van der Waals surface area contributed by atoms with Crippen LogP contribution in [0.2, 0.25) is 0 Å². The van der Waals surface area contributed by atoms with Crippen molar-refractivity contribution in [2.24, 2.45) is 0 Å². The molecule has 0 radical (unpaired) electrons. The van der Waals surface area contributed by atoms with E-state index in [0.29, 0.717) is 28.9 Å². The Labute approximate surface area is 131 Å². The van der Waals surface area contributed by atoms with Crippen molar-refractivity contribution < 1.29 is 9.53 Å². The number of anilines is 2. The number of rotatable bonds is 4. The minimum Gasteiger partial charge on any atom is -0.495 e. The number of carbonyl (C=O) groups excluding carboxylic acids is 1. The molecule has 110 valence electrons. The minimum atomic E-state index is -0.139. The molecular weight excluding hydrogens is 334 g/mol. The SMILES string of the molecule is COc1cc(NC(=O)c2cc(Br)cn2C2CC2)ccc1N. The zero-order chi connectivity index (χ0) is 15.0. The second kappa shape index (κ2) is 5.44. The molecular formula is C15H16BrN3O2. The normalized spacial score (nSPS) is 14.0. The van der Waals surface area contributed by atoms with Gasteiger partial charge in [0.05, 0.1) is 12.8 Å². The van der Waals surface area contributed by atoms with Gasteiger partial charge >= 0.3 is 0 Å². The van der Waals surface area contributed by atoms with E-state index in [2.05, 4.69) is 21.2 Å². The van der Waals surface area contributed by atoms with Gasteiger partial charge in [-0.25, -0.2) is 0 Å². The standard InChI is InChI=1S/C15H16BrN3O2/c1-21-14-7-10(2-5-12(14)17)18-15(20)13-6-9(16)8-19(13)11-3-4-11/h2,5-8,11H,3-4,17H2,1H3,(H,18,20). The molecule has 0 unspecified atom stereocenters. The molecule has 2 aromatic rings. The van der Waals surface area contributed by atoms with Crippen LogP contribution in [0, 0.1) is 0 Å². The van der Waals surface area contributed by atoms with Gasteiger partial charge < -0.3 is 20.4 Å². The number of hydrogen-bond acceptors (Lipinski definition) is 3. The van der Waals surface area contributed by atoms with Gasteiger partial charge in [-0.3, -0.25) is 4.79 Å². The Hall–Kier alpha value is -1.95. The fourth-order valence-corrected chi connectivity index (χ4v) is 2.70. The molecule has 0 bridgehead atoms. The lowest BCUT2D eigenvalue weighted by molar-refractivity contribution is 0.101. The summed E-state index contributed by atoms with van der Waals surface area (Å²) in [6, 6.07) is 7.46. The molecule has 1 aliphatic rings. The van der Waals surface area contributed by atoms with Gasteiger partial charge in [0.15, 0.2) is 0 Å². The molecule has 1 saturated carbocycles. The maximum absolute atomic E-state index is 12.4. The van der Waals surface area contributed by atoms with Crippen molar-refractivity contribution in [3.63, 3.8) is 0 Å². The van der Waals surface area contributed by atoms with Crippen LogP contribution in [0.3, 0.4) is 0 Å². The number of nitrogens with one attached hydrogen (secondary N) is 1. The highest BCUT2D eigenvalue weighted by atomic mass is 79.9. The molecule has 21 heavy (non-hydrogen) atoms. The smallest absolute Gasteiger partial charge is 0.272 e. The number of ether oxygens (including phenoxy) is 1. The molecule has 1 aliphatic carbocycles. The van der Waals surface area contributed by atoms with Crippen molar-refractivity contribution in [3.8, 4) is 5.75 Å². The topological polar surface area (TPSA) is 69.3 Å². The van der Waals surface area contributed by atoms with Crippen LogP contribution >= 0.6 is 15.9 Å². The summed E-state index contributed by atoms with van der Waals surface area (Å²) < 4.78 is 8.09. The molecule has 0 spiro atoms. The number of nitrogen functional groups attached to an aromatic ring is 1. The first-order valence-electron chi connectivity index (χ1n) is 6.70. The summed E-state index contributed by atoms with van der Waals surface area (Å²) in [6.45, 7) is 0. The monoisotopic (exact) mass is 349 g/mol. The first-order valence-corrected chi connectivity index (χ1v) is 7.50. The molecule has 1 amide bonds. The summed E-state index contributed by atoms with van der Waals surface area (Å²) in [5, 5.41) is 2.88. The average molecular weight is 350 g/mol. The van der Waals surface area contributed by atoms with Crippen LogP contribution in [0.1, 0.15) is 29.4 Å². The number of amides is 1. The van der Waals surface area contributed by atoms with Gasteiger partial charge in [0.1, 0.15) is 11.4 Å². The Balaban J connectivity index is 1.83. The zero-order valence-electron chi connectivity index (χ0n) is 11.6. The van der Waals surface area contributed by atoms with Crippen molar-refractivity contribution in [1.82, 2.24) is 4.57 Å². The molecule has 0 atom stereocenters. The van der Waals surface area contributed by atoms with Gasteiger partial charge in [-0.05, 0) is 47.0 Å². The van der Waals surface area contributed by atoms with Gasteiger partial charge in [-0.15, -0.1) is 0 Å². The van der Waals surface area contributed by atoms with Crippen LogP contribution in [-0.2, 0) is 0 Å². The molecule has 1 heterocycles. The zero-order valence-corrected chi connectivity index (χ0v) is 13.2.